The molecule has 0 aliphatic carbocycles. The summed E-state index contributed by atoms with van der Waals surface area (Å²) in [4.78, 5) is 16.5. The highest BCUT2D eigenvalue weighted by molar-refractivity contribution is 5.92. The van der Waals surface area contributed by atoms with Crippen LogP contribution >= 0.6 is 0 Å². The molecule has 0 saturated heterocycles. The third kappa shape index (κ3) is 5.00. The summed E-state index contributed by atoms with van der Waals surface area (Å²) < 4.78 is 8.02. The highest BCUT2D eigenvalue weighted by atomic mass is 16.5. The molecule has 2 aromatic carbocycles. The summed E-state index contributed by atoms with van der Waals surface area (Å²) in [6.45, 7) is 9.34. The first-order valence-electron chi connectivity index (χ1n) is 9.62. The fourth-order valence-corrected chi connectivity index (χ4v) is 3.09. The van der Waals surface area contributed by atoms with Crippen molar-refractivity contribution >= 4 is 16.9 Å². The number of amides is 1. The Hall–Kier alpha value is -3.08. The van der Waals surface area contributed by atoms with Crippen LogP contribution in [0.3, 0.4) is 0 Å². The zero-order valence-electron chi connectivity index (χ0n) is 16.6. The SMILES string of the molecule is C=C(C)C(=O)NCc1nc2ccccc2n1CCCCOc1cccc(C)c1. The molecule has 0 aliphatic heterocycles. The van der Waals surface area contributed by atoms with Gasteiger partial charge in [0.25, 0.3) is 0 Å². The quantitative estimate of drug-likeness (QED) is 0.444. The minimum absolute atomic E-state index is 0.148. The van der Waals surface area contributed by atoms with Crippen molar-refractivity contribution in [2.45, 2.75) is 39.8 Å². The van der Waals surface area contributed by atoms with Crippen LogP contribution in [0.25, 0.3) is 11.0 Å². The molecule has 0 fully saturated rings. The third-order valence-electron chi connectivity index (χ3n) is 4.56. The number of ether oxygens (including phenoxy) is 1. The van der Waals surface area contributed by atoms with E-state index in [1.54, 1.807) is 6.92 Å². The van der Waals surface area contributed by atoms with Gasteiger partial charge in [-0.05, 0) is 56.5 Å². The van der Waals surface area contributed by atoms with Crippen molar-refractivity contribution < 1.29 is 9.53 Å². The van der Waals surface area contributed by atoms with E-state index in [-0.39, 0.29) is 5.91 Å². The Bertz CT molecular complexity index is 975. The van der Waals surface area contributed by atoms with Crippen LogP contribution in [-0.2, 0) is 17.9 Å². The molecule has 5 heteroatoms. The van der Waals surface area contributed by atoms with Crippen LogP contribution in [0, 0.1) is 6.92 Å². The topological polar surface area (TPSA) is 56.2 Å². The van der Waals surface area contributed by atoms with Crippen molar-refractivity contribution in [2.75, 3.05) is 6.61 Å². The smallest absolute Gasteiger partial charge is 0.246 e. The van der Waals surface area contributed by atoms with Gasteiger partial charge in [-0.25, -0.2) is 4.98 Å². The fourth-order valence-electron chi connectivity index (χ4n) is 3.09. The monoisotopic (exact) mass is 377 g/mol. The number of aryl methyl sites for hydroxylation is 2. The molecule has 28 heavy (non-hydrogen) atoms. The van der Waals surface area contributed by atoms with Gasteiger partial charge in [-0.15, -0.1) is 0 Å². The molecule has 1 heterocycles. The van der Waals surface area contributed by atoms with Gasteiger partial charge < -0.3 is 14.6 Å². The largest absolute Gasteiger partial charge is 0.494 e. The minimum atomic E-state index is -0.148. The lowest BCUT2D eigenvalue weighted by atomic mass is 10.2. The van der Waals surface area contributed by atoms with E-state index in [9.17, 15) is 4.79 Å². The maximum atomic E-state index is 11.8. The zero-order chi connectivity index (χ0) is 19.9. The average molecular weight is 377 g/mol. The molecule has 0 saturated carbocycles. The van der Waals surface area contributed by atoms with Gasteiger partial charge in [-0.2, -0.15) is 0 Å². The molecule has 146 valence electrons. The number of imidazole rings is 1. The van der Waals surface area contributed by atoms with Crippen molar-refractivity contribution in [1.29, 1.82) is 0 Å². The van der Waals surface area contributed by atoms with Gasteiger partial charge >= 0.3 is 0 Å². The first-order valence-corrected chi connectivity index (χ1v) is 9.62. The van der Waals surface area contributed by atoms with Crippen LogP contribution in [0.2, 0.25) is 0 Å². The maximum absolute atomic E-state index is 11.8. The molecule has 0 bridgehead atoms. The summed E-state index contributed by atoms with van der Waals surface area (Å²) >= 11 is 0. The Morgan fingerprint density at radius 2 is 2.00 bits per heavy atom. The van der Waals surface area contributed by atoms with Crippen LogP contribution in [-0.4, -0.2) is 22.1 Å². The summed E-state index contributed by atoms with van der Waals surface area (Å²) in [6, 6.07) is 16.2. The van der Waals surface area contributed by atoms with E-state index in [1.165, 1.54) is 5.56 Å². The van der Waals surface area contributed by atoms with E-state index >= 15 is 0 Å². The van der Waals surface area contributed by atoms with Gasteiger partial charge in [-0.1, -0.05) is 30.8 Å². The van der Waals surface area contributed by atoms with Gasteiger partial charge in [0.1, 0.15) is 11.6 Å². The number of carbonyl (C=O) groups is 1. The molecule has 3 rings (SSSR count). The van der Waals surface area contributed by atoms with Gasteiger partial charge in [0.2, 0.25) is 5.91 Å². The van der Waals surface area contributed by atoms with Crippen molar-refractivity contribution in [1.82, 2.24) is 14.9 Å². The molecular weight excluding hydrogens is 350 g/mol. The van der Waals surface area contributed by atoms with Crippen LogP contribution in [0.5, 0.6) is 5.75 Å². The summed E-state index contributed by atoms with van der Waals surface area (Å²) in [5.74, 6) is 1.62. The molecule has 5 nitrogen and oxygen atoms in total. The average Bonchev–Trinajstić information content (AvgIpc) is 3.03. The van der Waals surface area contributed by atoms with Crippen LogP contribution in [0.1, 0.15) is 31.2 Å². The molecule has 0 radical (unpaired) electrons. The number of carbonyl (C=O) groups excluding carboxylic acids is 1. The lowest BCUT2D eigenvalue weighted by Gasteiger charge is -2.11. The summed E-state index contributed by atoms with van der Waals surface area (Å²) in [5.41, 5.74) is 3.72. The van der Waals surface area contributed by atoms with E-state index in [1.807, 2.05) is 36.4 Å². The standard InChI is InChI=1S/C23H27N3O2/c1-17(2)23(27)24-16-22-25-20-11-4-5-12-21(20)26(22)13-6-7-14-28-19-10-8-9-18(3)15-19/h4-5,8-12,15H,1,6-7,13-14,16H2,2-3H3,(H,24,27). The van der Waals surface area contributed by atoms with Crippen LogP contribution < -0.4 is 10.1 Å². The first kappa shape index (κ1) is 19.7. The number of fused-ring (bicyclic) bond motifs is 1. The molecule has 3 aromatic rings. The minimum Gasteiger partial charge on any atom is -0.494 e. The van der Waals surface area contributed by atoms with Gasteiger partial charge in [0.05, 0.1) is 24.2 Å². The van der Waals surface area contributed by atoms with E-state index in [2.05, 4.69) is 40.5 Å². The lowest BCUT2D eigenvalue weighted by Crippen LogP contribution is -2.25. The molecular formula is C23H27N3O2. The number of nitrogens with zero attached hydrogens (tertiary/aromatic N) is 2. The van der Waals surface area contributed by atoms with E-state index in [4.69, 9.17) is 4.74 Å². The zero-order valence-corrected chi connectivity index (χ0v) is 16.6. The predicted octanol–water partition coefficient (Wildman–Crippen LogP) is 4.40. The van der Waals surface area contributed by atoms with Crippen molar-refractivity contribution in [3.05, 3.63) is 72.1 Å². The number of unbranched alkanes of at least 4 members (excludes halogenated alkanes) is 1. The second-order valence-electron chi connectivity index (χ2n) is 7.00. The Morgan fingerprint density at radius 3 is 2.79 bits per heavy atom. The number of rotatable bonds is 9. The van der Waals surface area contributed by atoms with Gasteiger partial charge in [-0.3, -0.25) is 4.79 Å². The Labute approximate surface area is 166 Å². The Balaban J connectivity index is 1.60. The van der Waals surface area contributed by atoms with E-state index in [0.717, 1.165) is 42.0 Å². The van der Waals surface area contributed by atoms with Crippen molar-refractivity contribution in [3.63, 3.8) is 0 Å². The molecule has 0 atom stereocenters. The number of aromatic nitrogens is 2. The summed E-state index contributed by atoms with van der Waals surface area (Å²) in [6.07, 6.45) is 1.91. The summed E-state index contributed by atoms with van der Waals surface area (Å²) in [7, 11) is 0. The maximum Gasteiger partial charge on any atom is 0.246 e. The first-order chi connectivity index (χ1) is 13.5. The second kappa shape index (κ2) is 9.22. The molecule has 1 aromatic heterocycles. The van der Waals surface area contributed by atoms with E-state index < -0.39 is 0 Å². The van der Waals surface area contributed by atoms with Gasteiger partial charge in [0, 0.05) is 12.1 Å². The number of hydrogen-bond acceptors (Lipinski definition) is 3. The highest BCUT2D eigenvalue weighted by Gasteiger charge is 2.11. The van der Waals surface area contributed by atoms with Crippen molar-refractivity contribution in [3.8, 4) is 5.75 Å². The predicted molar refractivity (Wildman–Crippen MR) is 112 cm³/mol. The molecule has 0 unspecified atom stereocenters. The number of nitrogens with one attached hydrogen (secondary N) is 1. The highest BCUT2D eigenvalue weighted by Crippen LogP contribution is 2.18. The van der Waals surface area contributed by atoms with Crippen LogP contribution in [0.4, 0.5) is 0 Å². The van der Waals surface area contributed by atoms with Gasteiger partial charge in [0.15, 0.2) is 0 Å². The number of benzene rings is 2. The number of hydrogen-bond donors (Lipinski definition) is 1. The molecule has 1 amide bonds. The molecule has 0 spiro atoms. The molecule has 1 N–H and O–H groups in total. The van der Waals surface area contributed by atoms with Crippen molar-refractivity contribution in [2.24, 2.45) is 0 Å². The third-order valence-corrected chi connectivity index (χ3v) is 4.56. The van der Waals surface area contributed by atoms with Crippen LogP contribution in [0.15, 0.2) is 60.7 Å². The Kier molecular flexibility index (Phi) is 6.48. The second-order valence-corrected chi connectivity index (χ2v) is 7.00. The lowest BCUT2D eigenvalue weighted by molar-refractivity contribution is -0.117. The summed E-state index contributed by atoms with van der Waals surface area (Å²) in [5, 5.41) is 2.88. The fraction of sp³-hybridized carbons (Fsp3) is 0.304. The normalized spacial score (nSPS) is 10.8. The van der Waals surface area contributed by atoms with E-state index in [0.29, 0.717) is 18.7 Å². The Morgan fingerprint density at radius 1 is 1.18 bits per heavy atom. The molecule has 0 aliphatic rings. The number of para-hydroxylation sites is 2.